The molecule has 6 nitrogen and oxygen atoms in total. The summed E-state index contributed by atoms with van der Waals surface area (Å²) in [4.78, 5) is 8.81. The summed E-state index contributed by atoms with van der Waals surface area (Å²) in [7, 11) is 0. The Bertz CT molecular complexity index is 826. The van der Waals surface area contributed by atoms with Crippen LogP contribution in [0.5, 0.6) is 5.88 Å². The van der Waals surface area contributed by atoms with Crippen LogP contribution in [0.15, 0.2) is 29.6 Å². The summed E-state index contributed by atoms with van der Waals surface area (Å²) in [5.41, 5.74) is 2.78. The number of halogens is 3. The highest BCUT2D eigenvalue weighted by Gasteiger charge is 2.30. The SMILES string of the molecule is FC(F)(F)Cn1cc(C2=NCc3ccnc(OC4CCOCC4)c32)cn1. The third-order valence-corrected chi connectivity index (χ3v) is 4.34. The highest BCUT2D eigenvalue weighted by atomic mass is 19.4. The van der Waals surface area contributed by atoms with Gasteiger partial charge in [-0.3, -0.25) is 9.67 Å². The molecule has 0 spiro atoms. The molecule has 0 atom stereocenters. The van der Waals surface area contributed by atoms with Gasteiger partial charge in [-0.2, -0.15) is 18.3 Å². The lowest BCUT2D eigenvalue weighted by atomic mass is 10.0. The second-order valence-electron chi connectivity index (χ2n) is 6.29. The van der Waals surface area contributed by atoms with Gasteiger partial charge in [0.25, 0.3) is 0 Å². The number of aromatic nitrogens is 3. The molecule has 0 aromatic carbocycles. The molecule has 138 valence electrons. The Morgan fingerprint density at radius 2 is 2.08 bits per heavy atom. The predicted molar refractivity (Wildman–Crippen MR) is 86.3 cm³/mol. The van der Waals surface area contributed by atoms with Crippen molar-refractivity contribution in [1.82, 2.24) is 14.8 Å². The Balaban J connectivity index is 1.60. The molecule has 0 unspecified atom stereocenters. The van der Waals surface area contributed by atoms with Gasteiger partial charge in [-0.1, -0.05) is 0 Å². The standard InChI is InChI=1S/C17H17F3N4O2/c18-17(19,20)10-24-9-12(8-23-24)15-14-11(7-22-15)1-4-21-16(14)26-13-2-5-25-6-3-13/h1,4,8-9,13H,2-3,5-7,10H2. The second kappa shape index (κ2) is 6.71. The molecule has 2 aromatic heterocycles. The molecule has 1 fully saturated rings. The Labute approximate surface area is 147 Å². The quantitative estimate of drug-likeness (QED) is 0.835. The van der Waals surface area contributed by atoms with Gasteiger partial charge in [0.05, 0.1) is 37.2 Å². The van der Waals surface area contributed by atoms with Gasteiger partial charge in [0.2, 0.25) is 5.88 Å². The van der Waals surface area contributed by atoms with Crippen LogP contribution >= 0.6 is 0 Å². The molecule has 0 radical (unpaired) electrons. The van der Waals surface area contributed by atoms with Crippen LogP contribution in [0.4, 0.5) is 13.2 Å². The van der Waals surface area contributed by atoms with Crippen molar-refractivity contribution in [2.24, 2.45) is 4.99 Å². The van der Waals surface area contributed by atoms with Gasteiger partial charge in [-0.15, -0.1) is 0 Å². The maximum Gasteiger partial charge on any atom is 0.408 e. The van der Waals surface area contributed by atoms with Crippen molar-refractivity contribution in [3.63, 3.8) is 0 Å². The first kappa shape index (κ1) is 17.0. The van der Waals surface area contributed by atoms with Gasteiger partial charge in [-0.25, -0.2) is 4.98 Å². The minimum atomic E-state index is -4.32. The summed E-state index contributed by atoms with van der Waals surface area (Å²) in [5, 5.41) is 3.80. The van der Waals surface area contributed by atoms with Gasteiger partial charge < -0.3 is 9.47 Å². The molecule has 4 rings (SSSR count). The molecule has 26 heavy (non-hydrogen) atoms. The second-order valence-corrected chi connectivity index (χ2v) is 6.29. The molecular formula is C17H17F3N4O2. The number of pyridine rings is 1. The number of ether oxygens (including phenoxy) is 2. The first-order valence-electron chi connectivity index (χ1n) is 8.36. The van der Waals surface area contributed by atoms with E-state index in [4.69, 9.17) is 9.47 Å². The Morgan fingerprint density at radius 3 is 2.85 bits per heavy atom. The first-order chi connectivity index (χ1) is 12.5. The summed E-state index contributed by atoms with van der Waals surface area (Å²) in [6.45, 7) is 0.600. The van der Waals surface area contributed by atoms with Crippen LogP contribution in [0.1, 0.15) is 29.5 Å². The maximum absolute atomic E-state index is 12.6. The molecule has 2 aliphatic rings. The molecule has 1 saturated heterocycles. The average Bonchev–Trinajstić information content (AvgIpc) is 3.21. The number of alkyl halides is 3. The van der Waals surface area contributed by atoms with Crippen molar-refractivity contribution in [1.29, 1.82) is 0 Å². The Morgan fingerprint density at radius 1 is 1.27 bits per heavy atom. The van der Waals surface area contributed by atoms with Crippen molar-refractivity contribution >= 4 is 5.71 Å². The van der Waals surface area contributed by atoms with Gasteiger partial charge in [-0.05, 0) is 11.6 Å². The van der Waals surface area contributed by atoms with Crippen molar-refractivity contribution in [3.05, 3.63) is 41.3 Å². The number of hydrogen-bond donors (Lipinski definition) is 0. The van der Waals surface area contributed by atoms with E-state index in [-0.39, 0.29) is 6.10 Å². The molecular weight excluding hydrogens is 349 g/mol. The molecule has 0 amide bonds. The third-order valence-electron chi connectivity index (χ3n) is 4.34. The van der Waals surface area contributed by atoms with Gasteiger partial charge in [0, 0.05) is 30.8 Å². The lowest BCUT2D eigenvalue weighted by Crippen LogP contribution is -2.27. The highest BCUT2D eigenvalue weighted by molar-refractivity contribution is 6.16. The van der Waals surface area contributed by atoms with Gasteiger partial charge >= 0.3 is 6.18 Å². The largest absolute Gasteiger partial charge is 0.474 e. The number of hydrogen-bond acceptors (Lipinski definition) is 5. The van der Waals surface area contributed by atoms with Gasteiger partial charge in [0.1, 0.15) is 12.6 Å². The highest BCUT2D eigenvalue weighted by Crippen LogP contribution is 2.31. The maximum atomic E-state index is 12.6. The monoisotopic (exact) mass is 366 g/mol. The molecule has 2 aliphatic heterocycles. The van der Waals surface area contributed by atoms with E-state index in [0.717, 1.165) is 28.7 Å². The topological polar surface area (TPSA) is 61.5 Å². The molecule has 2 aromatic rings. The van der Waals surface area contributed by atoms with E-state index in [1.165, 1.54) is 12.4 Å². The summed E-state index contributed by atoms with van der Waals surface area (Å²) in [6.07, 6.45) is 1.66. The van der Waals surface area contributed by atoms with E-state index >= 15 is 0 Å². The van der Waals surface area contributed by atoms with E-state index in [9.17, 15) is 13.2 Å². The van der Waals surface area contributed by atoms with Crippen molar-refractivity contribution in [3.8, 4) is 5.88 Å². The van der Waals surface area contributed by atoms with Crippen LogP contribution in [0.3, 0.4) is 0 Å². The summed E-state index contributed by atoms with van der Waals surface area (Å²) in [6, 6.07) is 1.85. The Hall–Kier alpha value is -2.42. The minimum Gasteiger partial charge on any atom is -0.474 e. The lowest BCUT2D eigenvalue weighted by molar-refractivity contribution is -0.142. The van der Waals surface area contributed by atoms with Crippen molar-refractivity contribution < 1.29 is 22.6 Å². The van der Waals surface area contributed by atoms with Crippen LogP contribution in [0.2, 0.25) is 0 Å². The third kappa shape index (κ3) is 3.57. The van der Waals surface area contributed by atoms with E-state index in [2.05, 4.69) is 15.1 Å². The molecule has 0 aliphatic carbocycles. The van der Waals surface area contributed by atoms with E-state index in [1.807, 2.05) is 6.07 Å². The number of rotatable bonds is 4. The van der Waals surface area contributed by atoms with Crippen LogP contribution in [-0.4, -0.2) is 46.0 Å². The molecule has 0 bridgehead atoms. The van der Waals surface area contributed by atoms with Crippen LogP contribution < -0.4 is 4.74 Å². The van der Waals surface area contributed by atoms with E-state index in [0.29, 0.717) is 36.9 Å². The predicted octanol–water partition coefficient (Wildman–Crippen LogP) is 2.75. The fourth-order valence-electron chi connectivity index (χ4n) is 3.14. The smallest absolute Gasteiger partial charge is 0.408 e. The molecule has 0 saturated carbocycles. The van der Waals surface area contributed by atoms with Crippen LogP contribution in [0, 0.1) is 0 Å². The van der Waals surface area contributed by atoms with E-state index < -0.39 is 12.7 Å². The fourth-order valence-corrected chi connectivity index (χ4v) is 3.14. The van der Waals surface area contributed by atoms with Gasteiger partial charge in [0.15, 0.2) is 0 Å². The van der Waals surface area contributed by atoms with Crippen molar-refractivity contribution in [2.45, 2.75) is 38.2 Å². The van der Waals surface area contributed by atoms with Crippen molar-refractivity contribution in [2.75, 3.05) is 13.2 Å². The number of nitrogens with zero attached hydrogens (tertiary/aromatic N) is 4. The summed E-state index contributed by atoms with van der Waals surface area (Å²) < 4.78 is 49.9. The first-order valence-corrected chi connectivity index (χ1v) is 8.36. The summed E-state index contributed by atoms with van der Waals surface area (Å²) in [5.74, 6) is 0.467. The number of aliphatic imine (C=N–C) groups is 1. The normalized spacial score (nSPS) is 17.9. The van der Waals surface area contributed by atoms with E-state index in [1.54, 1.807) is 6.20 Å². The van der Waals surface area contributed by atoms with Crippen LogP contribution in [0.25, 0.3) is 0 Å². The van der Waals surface area contributed by atoms with Crippen LogP contribution in [-0.2, 0) is 17.8 Å². The minimum absolute atomic E-state index is 0.0116. The molecule has 9 heteroatoms. The molecule has 0 N–H and O–H groups in total. The molecule has 4 heterocycles. The lowest BCUT2D eigenvalue weighted by Gasteiger charge is -2.23. The average molecular weight is 366 g/mol. The number of fused-ring (bicyclic) bond motifs is 1. The summed E-state index contributed by atoms with van der Waals surface area (Å²) >= 11 is 0. The Kier molecular flexibility index (Phi) is 4.39. The zero-order valence-electron chi connectivity index (χ0n) is 13.9. The fraction of sp³-hybridized carbons (Fsp3) is 0.471. The zero-order valence-corrected chi connectivity index (χ0v) is 13.9. The zero-order chi connectivity index (χ0) is 18.1.